The fourth-order valence-electron chi connectivity index (χ4n) is 3.60. The van der Waals surface area contributed by atoms with Gasteiger partial charge in [0, 0.05) is 35.0 Å². The van der Waals surface area contributed by atoms with Crippen LogP contribution in [0.15, 0.2) is 64.8 Å². The summed E-state index contributed by atoms with van der Waals surface area (Å²) in [5, 5.41) is 2.00. The SMILES string of the molecule is O=c1[nH]c(-c2cccs2)nc2c1CCN(Cc1ccc(-c3ccccc3)s1)C2. The maximum absolute atomic E-state index is 12.5. The predicted octanol–water partition coefficient (Wildman–Crippen LogP) is 4.79. The Hall–Kier alpha value is -2.54. The number of hydrogen-bond donors (Lipinski definition) is 1. The first-order valence-corrected chi connectivity index (χ1v) is 11.0. The molecule has 0 unspecified atom stereocenters. The lowest BCUT2D eigenvalue weighted by Crippen LogP contribution is -2.34. The van der Waals surface area contributed by atoms with Gasteiger partial charge in [0.2, 0.25) is 0 Å². The van der Waals surface area contributed by atoms with Gasteiger partial charge in [-0.2, -0.15) is 0 Å². The molecule has 3 aromatic heterocycles. The second-order valence-electron chi connectivity index (χ2n) is 6.91. The number of H-pyrrole nitrogens is 1. The molecule has 5 rings (SSSR count). The van der Waals surface area contributed by atoms with Gasteiger partial charge < -0.3 is 4.98 Å². The van der Waals surface area contributed by atoms with E-state index in [1.807, 2.05) is 34.9 Å². The number of rotatable bonds is 4. The number of benzene rings is 1. The normalized spacial score (nSPS) is 14.1. The predicted molar refractivity (Wildman–Crippen MR) is 116 cm³/mol. The van der Waals surface area contributed by atoms with Crippen molar-refractivity contribution in [1.29, 1.82) is 0 Å². The summed E-state index contributed by atoms with van der Waals surface area (Å²) >= 11 is 3.43. The topological polar surface area (TPSA) is 49.0 Å². The van der Waals surface area contributed by atoms with E-state index in [0.29, 0.717) is 5.82 Å². The molecule has 0 atom stereocenters. The lowest BCUT2D eigenvalue weighted by atomic mass is 10.1. The van der Waals surface area contributed by atoms with Crippen molar-refractivity contribution in [1.82, 2.24) is 14.9 Å². The quantitative estimate of drug-likeness (QED) is 0.531. The highest BCUT2D eigenvalue weighted by atomic mass is 32.1. The van der Waals surface area contributed by atoms with Crippen molar-refractivity contribution in [2.75, 3.05) is 6.54 Å². The number of aromatic nitrogens is 2. The summed E-state index contributed by atoms with van der Waals surface area (Å²) < 4.78 is 0. The zero-order valence-corrected chi connectivity index (χ0v) is 16.9. The lowest BCUT2D eigenvalue weighted by Gasteiger charge is -2.27. The van der Waals surface area contributed by atoms with Crippen LogP contribution in [0, 0.1) is 0 Å². The zero-order chi connectivity index (χ0) is 18.9. The molecule has 1 aromatic carbocycles. The third-order valence-electron chi connectivity index (χ3n) is 5.01. The Bertz CT molecular complexity index is 1150. The number of thiophene rings is 2. The van der Waals surface area contributed by atoms with Gasteiger partial charge in [0.05, 0.1) is 10.6 Å². The van der Waals surface area contributed by atoms with Crippen LogP contribution in [0.25, 0.3) is 21.1 Å². The smallest absolute Gasteiger partial charge is 0.254 e. The average Bonchev–Trinajstić information content (AvgIpc) is 3.41. The summed E-state index contributed by atoms with van der Waals surface area (Å²) in [4.78, 5) is 26.2. The van der Waals surface area contributed by atoms with Gasteiger partial charge >= 0.3 is 0 Å². The van der Waals surface area contributed by atoms with Crippen LogP contribution in [-0.2, 0) is 19.5 Å². The molecule has 28 heavy (non-hydrogen) atoms. The summed E-state index contributed by atoms with van der Waals surface area (Å²) in [6, 6.07) is 18.9. The molecule has 4 aromatic rings. The molecule has 1 aliphatic heterocycles. The van der Waals surface area contributed by atoms with Crippen LogP contribution in [0.2, 0.25) is 0 Å². The lowest BCUT2D eigenvalue weighted by molar-refractivity contribution is 0.243. The molecule has 4 nitrogen and oxygen atoms in total. The van der Waals surface area contributed by atoms with Crippen LogP contribution < -0.4 is 5.56 Å². The van der Waals surface area contributed by atoms with Crippen LogP contribution in [-0.4, -0.2) is 21.4 Å². The largest absolute Gasteiger partial charge is 0.306 e. The fourth-order valence-corrected chi connectivity index (χ4v) is 5.32. The van der Waals surface area contributed by atoms with E-state index in [0.717, 1.165) is 42.2 Å². The molecule has 4 heterocycles. The molecular weight excluding hydrogens is 386 g/mol. The summed E-state index contributed by atoms with van der Waals surface area (Å²) in [5.41, 5.74) is 3.03. The summed E-state index contributed by atoms with van der Waals surface area (Å²) in [6.07, 6.45) is 0.749. The Morgan fingerprint density at radius 2 is 1.93 bits per heavy atom. The first-order valence-electron chi connectivity index (χ1n) is 9.29. The second-order valence-corrected chi connectivity index (χ2v) is 9.03. The highest BCUT2D eigenvalue weighted by molar-refractivity contribution is 7.15. The summed E-state index contributed by atoms with van der Waals surface area (Å²) in [7, 11) is 0. The minimum atomic E-state index is 0.00976. The third kappa shape index (κ3) is 3.46. The molecule has 0 saturated carbocycles. The third-order valence-corrected chi connectivity index (χ3v) is 7.00. The van der Waals surface area contributed by atoms with Gasteiger partial charge in [-0.1, -0.05) is 36.4 Å². The minimum Gasteiger partial charge on any atom is -0.306 e. The van der Waals surface area contributed by atoms with Crippen molar-refractivity contribution >= 4 is 22.7 Å². The minimum absolute atomic E-state index is 0.00976. The van der Waals surface area contributed by atoms with Crippen LogP contribution in [0.4, 0.5) is 0 Å². The number of nitrogens with zero attached hydrogens (tertiary/aromatic N) is 2. The zero-order valence-electron chi connectivity index (χ0n) is 15.2. The van der Waals surface area contributed by atoms with E-state index in [9.17, 15) is 4.79 Å². The van der Waals surface area contributed by atoms with Crippen molar-refractivity contribution in [3.05, 3.63) is 86.5 Å². The van der Waals surface area contributed by atoms with Crippen LogP contribution in [0.5, 0.6) is 0 Å². The van der Waals surface area contributed by atoms with E-state index < -0.39 is 0 Å². The Morgan fingerprint density at radius 1 is 1.04 bits per heavy atom. The van der Waals surface area contributed by atoms with E-state index in [4.69, 9.17) is 4.98 Å². The molecule has 0 aliphatic carbocycles. The molecular formula is C22H19N3OS2. The average molecular weight is 406 g/mol. The van der Waals surface area contributed by atoms with Gasteiger partial charge in [-0.25, -0.2) is 4.98 Å². The Morgan fingerprint density at radius 3 is 2.75 bits per heavy atom. The summed E-state index contributed by atoms with van der Waals surface area (Å²) in [5.74, 6) is 0.683. The molecule has 1 N–H and O–H groups in total. The molecule has 0 fully saturated rings. The Labute approximate surface area is 171 Å². The standard InChI is InChI=1S/C22H19N3OS2/c26-22-17-10-11-25(14-18(17)23-21(24-22)20-7-4-12-27-20)13-16-8-9-19(28-16)15-5-2-1-3-6-15/h1-9,12H,10-11,13-14H2,(H,23,24,26). The fraction of sp³-hybridized carbons (Fsp3) is 0.182. The van der Waals surface area contributed by atoms with E-state index >= 15 is 0 Å². The summed E-state index contributed by atoms with van der Waals surface area (Å²) in [6.45, 7) is 2.49. The van der Waals surface area contributed by atoms with E-state index in [-0.39, 0.29) is 5.56 Å². The van der Waals surface area contributed by atoms with Crippen molar-refractivity contribution in [2.24, 2.45) is 0 Å². The number of aromatic amines is 1. The Kier molecular flexibility index (Phi) is 4.68. The van der Waals surface area contributed by atoms with Gasteiger partial charge in [-0.05, 0) is 35.6 Å². The molecule has 0 radical (unpaired) electrons. The number of nitrogens with one attached hydrogen (secondary N) is 1. The monoisotopic (exact) mass is 405 g/mol. The molecule has 0 amide bonds. The molecule has 0 saturated heterocycles. The van der Waals surface area contributed by atoms with Gasteiger partial charge in [0.15, 0.2) is 5.82 Å². The molecule has 140 valence electrons. The van der Waals surface area contributed by atoms with Crippen molar-refractivity contribution < 1.29 is 0 Å². The highest BCUT2D eigenvalue weighted by Gasteiger charge is 2.22. The molecule has 0 bridgehead atoms. The first kappa shape index (κ1) is 17.6. The van der Waals surface area contributed by atoms with Crippen LogP contribution in [0.1, 0.15) is 16.1 Å². The van der Waals surface area contributed by atoms with Gasteiger partial charge in [-0.3, -0.25) is 9.69 Å². The molecule has 1 aliphatic rings. The van der Waals surface area contributed by atoms with Crippen molar-refractivity contribution in [2.45, 2.75) is 19.5 Å². The molecule has 0 spiro atoms. The number of hydrogen-bond acceptors (Lipinski definition) is 5. The first-order chi connectivity index (χ1) is 13.8. The van der Waals surface area contributed by atoms with Gasteiger partial charge in [-0.15, -0.1) is 22.7 Å². The van der Waals surface area contributed by atoms with Gasteiger partial charge in [0.1, 0.15) is 0 Å². The maximum atomic E-state index is 12.5. The van der Waals surface area contributed by atoms with E-state index in [2.05, 4.69) is 46.3 Å². The van der Waals surface area contributed by atoms with E-state index in [1.54, 1.807) is 11.3 Å². The van der Waals surface area contributed by atoms with Crippen molar-refractivity contribution in [3.8, 4) is 21.1 Å². The van der Waals surface area contributed by atoms with Crippen molar-refractivity contribution in [3.63, 3.8) is 0 Å². The number of fused-ring (bicyclic) bond motifs is 1. The Balaban J connectivity index is 1.36. The second kappa shape index (κ2) is 7.47. The van der Waals surface area contributed by atoms with Gasteiger partial charge in [0.25, 0.3) is 5.56 Å². The van der Waals surface area contributed by atoms with Crippen LogP contribution in [0.3, 0.4) is 0 Å². The highest BCUT2D eigenvalue weighted by Crippen LogP contribution is 2.29. The molecule has 6 heteroatoms. The van der Waals surface area contributed by atoms with Crippen LogP contribution >= 0.6 is 22.7 Å². The maximum Gasteiger partial charge on any atom is 0.254 e. The van der Waals surface area contributed by atoms with E-state index in [1.165, 1.54) is 15.3 Å².